The van der Waals surface area contributed by atoms with Crippen LogP contribution in [-0.2, 0) is 21.0 Å². The number of amides is 1. The van der Waals surface area contributed by atoms with Gasteiger partial charge in [-0.2, -0.15) is 0 Å². The number of nitrogens with zero attached hydrogens (tertiary/aromatic N) is 1. The lowest BCUT2D eigenvalue weighted by Crippen LogP contribution is -2.43. The van der Waals surface area contributed by atoms with Gasteiger partial charge in [0.25, 0.3) is 0 Å². The highest BCUT2D eigenvalue weighted by Gasteiger charge is 2.23. The zero-order valence-electron chi connectivity index (χ0n) is 13.5. The molecule has 2 N–H and O–H groups in total. The molecule has 7 heteroatoms. The lowest BCUT2D eigenvalue weighted by Gasteiger charge is -2.21. The molecule has 23 heavy (non-hydrogen) atoms. The van der Waals surface area contributed by atoms with Crippen molar-refractivity contribution >= 4 is 18.3 Å². The van der Waals surface area contributed by atoms with E-state index in [2.05, 4.69) is 10.5 Å². The lowest BCUT2D eigenvalue weighted by atomic mass is 10.2. The molecule has 0 saturated carbocycles. The van der Waals surface area contributed by atoms with E-state index in [0.29, 0.717) is 0 Å². The van der Waals surface area contributed by atoms with Gasteiger partial charge in [-0.15, -0.1) is 0 Å². The normalized spacial score (nSPS) is 12.7. The number of ether oxygens (including phenoxy) is 1. The quantitative estimate of drug-likeness (QED) is 0.594. The van der Waals surface area contributed by atoms with Crippen molar-refractivity contribution in [2.24, 2.45) is 5.16 Å². The summed E-state index contributed by atoms with van der Waals surface area (Å²) in [5.74, 6) is -1.18. The highest BCUT2D eigenvalue weighted by Crippen LogP contribution is 2.07. The van der Waals surface area contributed by atoms with E-state index in [1.807, 2.05) is 30.3 Å². The molecule has 0 aliphatic carbocycles. The molecule has 1 atom stereocenters. The number of aliphatic carboxylic acids is 1. The molecule has 7 nitrogen and oxygen atoms in total. The van der Waals surface area contributed by atoms with Crippen molar-refractivity contribution in [3.63, 3.8) is 0 Å². The van der Waals surface area contributed by atoms with Gasteiger partial charge >= 0.3 is 12.1 Å². The van der Waals surface area contributed by atoms with Crippen LogP contribution in [0.3, 0.4) is 0 Å². The third kappa shape index (κ3) is 8.45. The maximum absolute atomic E-state index is 11.6. The molecule has 0 heterocycles. The van der Waals surface area contributed by atoms with E-state index in [4.69, 9.17) is 14.7 Å². The summed E-state index contributed by atoms with van der Waals surface area (Å²) in [5, 5.41) is 15.0. The zero-order valence-corrected chi connectivity index (χ0v) is 13.5. The van der Waals surface area contributed by atoms with Gasteiger partial charge in [-0.05, 0) is 26.3 Å². The molecule has 1 amide bonds. The SMILES string of the molecule is CC(C)(C)OC(=O)N[C@@H](CC=NOCc1ccccc1)C(=O)O. The molecule has 0 aliphatic heterocycles. The Hall–Kier alpha value is -2.57. The number of hydrogen-bond acceptors (Lipinski definition) is 5. The minimum atomic E-state index is -1.18. The number of carbonyl (C=O) groups excluding carboxylic acids is 1. The number of carboxylic acid groups (broad SMARTS) is 1. The van der Waals surface area contributed by atoms with Crippen LogP contribution in [0.4, 0.5) is 4.79 Å². The van der Waals surface area contributed by atoms with E-state index in [0.717, 1.165) is 5.56 Å². The zero-order chi connectivity index (χ0) is 17.3. The second kappa shape index (κ2) is 8.77. The van der Waals surface area contributed by atoms with Gasteiger partial charge in [0.1, 0.15) is 18.2 Å². The van der Waals surface area contributed by atoms with Crippen molar-refractivity contribution in [3.05, 3.63) is 35.9 Å². The molecule has 0 unspecified atom stereocenters. The Morgan fingerprint density at radius 2 is 1.96 bits per heavy atom. The lowest BCUT2D eigenvalue weighted by molar-refractivity contribution is -0.139. The van der Waals surface area contributed by atoms with E-state index in [9.17, 15) is 9.59 Å². The van der Waals surface area contributed by atoms with Gasteiger partial charge in [-0.1, -0.05) is 35.5 Å². The monoisotopic (exact) mass is 322 g/mol. The Labute approximate surface area is 135 Å². The second-order valence-electron chi connectivity index (χ2n) is 5.82. The largest absolute Gasteiger partial charge is 0.480 e. The van der Waals surface area contributed by atoms with Gasteiger partial charge in [0.2, 0.25) is 0 Å². The molecule has 0 fully saturated rings. The fourth-order valence-corrected chi connectivity index (χ4v) is 1.56. The molecule has 0 spiro atoms. The van der Waals surface area contributed by atoms with E-state index in [1.54, 1.807) is 20.8 Å². The van der Waals surface area contributed by atoms with Crippen molar-refractivity contribution in [2.45, 2.75) is 45.4 Å². The summed E-state index contributed by atoms with van der Waals surface area (Å²) in [7, 11) is 0. The Balaban J connectivity index is 2.39. The third-order valence-electron chi connectivity index (χ3n) is 2.55. The molecule has 1 aromatic rings. The number of benzene rings is 1. The van der Waals surface area contributed by atoms with Gasteiger partial charge in [-0.3, -0.25) is 0 Å². The first-order valence-corrected chi connectivity index (χ1v) is 7.18. The minimum absolute atomic E-state index is 0.0105. The first-order valence-electron chi connectivity index (χ1n) is 7.18. The summed E-state index contributed by atoms with van der Waals surface area (Å²) in [6, 6.07) is 8.31. The van der Waals surface area contributed by atoms with Crippen LogP contribution in [0.15, 0.2) is 35.5 Å². The van der Waals surface area contributed by atoms with Crippen molar-refractivity contribution < 1.29 is 24.3 Å². The van der Waals surface area contributed by atoms with Crippen LogP contribution in [-0.4, -0.2) is 35.0 Å². The van der Waals surface area contributed by atoms with Gasteiger partial charge in [-0.25, -0.2) is 9.59 Å². The molecular formula is C16H22N2O5. The number of rotatable bonds is 7. The second-order valence-corrected chi connectivity index (χ2v) is 5.82. The Bertz CT molecular complexity index is 537. The van der Waals surface area contributed by atoms with E-state index in [-0.39, 0.29) is 13.0 Å². The van der Waals surface area contributed by atoms with Crippen LogP contribution >= 0.6 is 0 Å². The Morgan fingerprint density at radius 3 is 2.52 bits per heavy atom. The van der Waals surface area contributed by atoms with Gasteiger partial charge < -0.3 is 20.0 Å². The summed E-state index contributed by atoms with van der Waals surface area (Å²) in [6.45, 7) is 5.37. The molecule has 1 aromatic carbocycles. The van der Waals surface area contributed by atoms with Crippen LogP contribution in [0.2, 0.25) is 0 Å². The van der Waals surface area contributed by atoms with Crippen LogP contribution in [0.25, 0.3) is 0 Å². The smallest absolute Gasteiger partial charge is 0.408 e. The predicted molar refractivity (Wildman–Crippen MR) is 85.1 cm³/mol. The molecule has 0 saturated heterocycles. The number of oxime groups is 1. The highest BCUT2D eigenvalue weighted by molar-refractivity contribution is 5.82. The number of hydrogen-bond donors (Lipinski definition) is 2. The maximum atomic E-state index is 11.6. The van der Waals surface area contributed by atoms with E-state index >= 15 is 0 Å². The fourth-order valence-electron chi connectivity index (χ4n) is 1.56. The highest BCUT2D eigenvalue weighted by atomic mass is 16.6. The van der Waals surface area contributed by atoms with Crippen molar-refractivity contribution in [3.8, 4) is 0 Å². The number of nitrogens with one attached hydrogen (secondary N) is 1. The van der Waals surface area contributed by atoms with Gasteiger partial charge in [0.15, 0.2) is 0 Å². The minimum Gasteiger partial charge on any atom is -0.480 e. The van der Waals surface area contributed by atoms with Crippen LogP contribution in [0.1, 0.15) is 32.8 Å². The van der Waals surface area contributed by atoms with Crippen LogP contribution < -0.4 is 5.32 Å². The Morgan fingerprint density at radius 1 is 1.30 bits per heavy atom. The first-order chi connectivity index (χ1) is 10.8. The van der Waals surface area contributed by atoms with Gasteiger partial charge in [0, 0.05) is 12.6 Å². The van der Waals surface area contributed by atoms with E-state index < -0.39 is 23.7 Å². The Kier molecular flexibility index (Phi) is 7.05. The van der Waals surface area contributed by atoms with Crippen molar-refractivity contribution in [1.29, 1.82) is 0 Å². The molecule has 0 aliphatic rings. The molecule has 0 bridgehead atoms. The van der Waals surface area contributed by atoms with Crippen molar-refractivity contribution in [1.82, 2.24) is 5.32 Å². The summed E-state index contributed by atoms with van der Waals surface area (Å²) in [6.07, 6.45) is 0.506. The average Bonchev–Trinajstić information content (AvgIpc) is 2.44. The van der Waals surface area contributed by atoms with E-state index in [1.165, 1.54) is 6.21 Å². The van der Waals surface area contributed by atoms with Gasteiger partial charge in [0.05, 0.1) is 0 Å². The molecule has 0 aromatic heterocycles. The van der Waals surface area contributed by atoms with Crippen molar-refractivity contribution in [2.75, 3.05) is 0 Å². The standard InChI is InChI=1S/C16H22N2O5/c1-16(2,3)23-15(21)18-13(14(19)20)9-10-17-22-11-12-7-5-4-6-8-12/h4-8,10,13H,9,11H2,1-3H3,(H,18,21)(H,19,20)/t13-/m0/s1. The molecule has 0 radical (unpaired) electrons. The number of alkyl carbamates (subject to hydrolysis) is 1. The topological polar surface area (TPSA) is 97.2 Å². The molecule has 1 rings (SSSR count). The summed E-state index contributed by atoms with van der Waals surface area (Å²) in [4.78, 5) is 27.8. The average molecular weight is 322 g/mol. The summed E-state index contributed by atoms with van der Waals surface area (Å²) in [5.41, 5.74) is 0.256. The van der Waals surface area contributed by atoms with Crippen LogP contribution in [0, 0.1) is 0 Å². The fraction of sp³-hybridized carbons (Fsp3) is 0.438. The number of carboxylic acids is 1. The molecule has 126 valence electrons. The van der Waals surface area contributed by atoms with Crippen LogP contribution in [0.5, 0.6) is 0 Å². The maximum Gasteiger partial charge on any atom is 0.408 e. The predicted octanol–water partition coefficient (Wildman–Crippen LogP) is 2.56. The summed E-state index contributed by atoms with van der Waals surface area (Å²) < 4.78 is 5.01. The first kappa shape index (κ1) is 18.5. The third-order valence-corrected chi connectivity index (χ3v) is 2.55. The summed E-state index contributed by atoms with van der Waals surface area (Å²) >= 11 is 0. The number of carbonyl (C=O) groups is 2. The molecular weight excluding hydrogens is 300 g/mol.